The van der Waals surface area contributed by atoms with Gasteiger partial charge >= 0.3 is 0 Å². The molecule has 1 atom stereocenters. The lowest BCUT2D eigenvalue weighted by atomic mass is 10.1. The lowest BCUT2D eigenvalue weighted by Crippen LogP contribution is -2.32. The van der Waals surface area contributed by atoms with Gasteiger partial charge in [-0.1, -0.05) is 29.8 Å². The monoisotopic (exact) mass is 351 g/mol. The fourth-order valence-electron chi connectivity index (χ4n) is 3.14. The molecule has 0 aliphatic carbocycles. The minimum absolute atomic E-state index is 0.00334. The number of carbonyl (C=O) groups is 2. The molecule has 0 saturated carbocycles. The molecule has 3 rings (SSSR count). The van der Waals surface area contributed by atoms with E-state index in [0.29, 0.717) is 13.1 Å². The third kappa shape index (κ3) is 4.04. The Kier molecular flexibility index (Phi) is 5.26. The predicted octanol–water partition coefficient (Wildman–Crippen LogP) is 2.73. The first-order chi connectivity index (χ1) is 12.4. The van der Waals surface area contributed by atoms with Crippen LogP contribution in [0.1, 0.15) is 17.5 Å². The predicted molar refractivity (Wildman–Crippen MR) is 104 cm³/mol. The van der Waals surface area contributed by atoms with Gasteiger partial charge in [0.2, 0.25) is 11.8 Å². The van der Waals surface area contributed by atoms with Crippen LogP contribution in [0.3, 0.4) is 0 Å². The van der Waals surface area contributed by atoms with E-state index in [-0.39, 0.29) is 24.2 Å². The molecule has 1 saturated heterocycles. The second-order valence-corrected chi connectivity index (χ2v) is 7.02. The van der Waals surface area contributed by atoms with Crippen molar-refractivity contribution < 1.29 is 9.59 Å². The molecule has 136 valence electrons. The normalized spacial score (nSPS) is 16.7. The fraction of sp³-hybridized carbons (Fsp3) is 0.333. The molecular weight excluding hydrogens is 326 g/mol. The van der Waals surface area contributed by atoms with Gasteiger partial charge in [0, 0.05) is 45.0 Å². The number of benzene rings is 2. The Morgan fingerprint density at radius 1 is 1.19 bits per heavy atom. The van der Waals surface area contributed by atoms with E-state index in [1.807, 2.05) is 68.4 Å². The second-order valence-electron chi connectivity index (χ2n) is 7.02. The summed E-state index contributed by atoms with van der Waals surface area (Å²) in [5, 5.41) is 2.97. The smallest absolute Gasteiger partial charge is 0.227 e. The number of rotatable bonds is 5. The highest BCUT2D eigenvalue weighted by Gasteiger charge is 2.34. The molecule has 0 bridgehead atoms. The van der Waals surface area contributed by atoms with Crippen molar-refractivity contribution in [3.63, 3.8) is 0 Å². The average molecular weight is 351 g/mol. The molecule has 1 fully saturated rings. The maximum atomic E-state index is 12.5. The highest BCUT2D eigenvalue weighted by molar-refractivity contribution is 6.00. The zero-order chi connectivity index (χ0) is 18.7. The molecule has 1 N–H and O–H groups in total. The van der Waals surface area contributed by atoms with E-state index in [4.69, 9.17) is 0 Å². The highest BCUT2D eigenvalue weighted by atomic mass is 16.2. The van der Waals surface area contributed by atoms with Crippen molar-refractivity contribution in [1.29, 1.82) is 0 Å². The minimum Gasteiger partial charge on any atom is -0.378 e. The fourth-order valence-corrected chi connectivity index (χ4v) is 3.14. The van der Waals surface area contributed by atoms with E-state index >= 15 is 0 Å². The summed E-state index contributed by atoms with van der Waals surface area (Å²) in [5.74, 6) is -0.368. The number of hydrogen-bond donors (Lipinski definition) is 1. The topological polar surface area (TPSA) is 52.7 Å². The maximum Gasteiger partial charge on any atom is 0.227 e. The molecule has 1 aliphatic rings. The number of nitrogens with zero attached hydrogens (tertiary/aromatic N) is 2. The Morgan fingerprint density at radius 3 is 2.62 bits per heavy atom. The van der Waals surface area contributed by atoms with Crippen molar-refractivity contribution in [1.82, 2.24) is 5.32 Å². The number of carbonyl (C=O) groups excluding carboxylic acids is 2. The van der Waals surface area contributed by atoms with Crippen molar-refractivity contribution in [2.24, 2.45) is 5.92 Å². The summed E-state index contributed by atoms with van der Waals surface area (Å²) in [7, 11) is 3.98. The molecule has 0 radical (unpaired) electrons. The quantitative estimate of drug-likeness (QED) is 0.901. The van der Waals surface area contributed by atoms with Gasteiger partial charge in [0.25, 0.3) is 0 Å². The Labute approximate surface area is 154 Å². The van der Waals surface area contributed by atoms with Gasteiger partial charge in [0.15, 0.2) is 0 Å². The number of amides is 2. The van der Waals surface area contributed by atoms with E-state index in [0.717, 1.165) is 22.5 Å². The molecule has 2 aromatic carbocycles. The van der Waals surface area contributed by atoms with Crippen LogP contribution in [0.4, 0.5) is 11.4 Å². The summed E-state index contributed by atoms with van der Waals surface area (Å²) in [4.78, 5) is 28.6. The average Bonchev–Trinajstić information content (AvgIpc) is 3.02. The van der Waals surface area contributed by atoms with Crippen LogP contribution >= 0.6 is 0 Å². The third-order valence-electron chi connectivity index (χ3n) is 4.74. The summed E-state index contributed by atoms with van der Waals surface area (Å²) < 4.78 is 0. The van der Waals surface area contributed by atoms with Crippen molar-refractivity contribution in [3.8, 4) is 0 Å². The van der Waals surface area contributed by atoms with Crippen LogP contribution in [-0.4, -0.2) is 32.5 Å². The molecule has 1 aliphatic heterocycles. The van der Waals surface area contributed by atoms with Gasteiger partial charge in [-0.05, 0) is 36.8 Å². The molecule has 5 heteroatoms. The van der Waals surface area contributed by atoms with Crippen molar-refractivity contribution >= 4 is 23.2 Å². The standard InChI is InChI=1S/C21H25N3O2/c1-15-7-9-18(10-8-15)24-14-17(12-20(24)25)21(26)22-13-16-5-4-6-19(11-16)23(2)3/h4-11,17H,12-14H2,1-3H3,(H,22,26). The van der Waals surface area contributed by atoms with Gasteiger partial charge in [-0.25, -0.2) is 0 Å². The first kappa shape index (κ1) is 18.0. The van der Waals surface area contributed by atoms with E-state index < -0.39 is 0 Å². The molecule has 26 heavy (non-hydrogen) atoms. The largest absolute Gasteiger partial charge is 0.378 e. The number of aryl methyl sites for hydroxylation is 1. The van der Waals surface area contributed by atoms with Crippen LogP contribution < -0.4 is 15.1 Å². The zero-order valence-electron chi connectivity index (χ0n) is 15.5. The lowest BCUT2D eigenvalue weighted by Gasteiger charge is -2.17. The summed E-state index contributed by atoms with van der Waals surface area (Å²) in [6.45, 7) is 2.92. The van der Waals surface area contributed by atoms with Crippen LogP contribution in [0.2, 0.25) is 0 Å². The van der Waals surface area contributed by atoms with E-state index in [9.17, 15) is 9.59 Å². The zero-order valence-corrected chi connectivity index (χ0v) is 15.5. The van der Waals surface area contributed by atoms with E-state index in [1.165, 1.54) is 0 Å². The van der Waals surface area contributed by atoms with E-state index in [2.05, 4.69) is 11.4 Å². The van der Waals surface area contributed by atoms with Crippen molar-refractivity contribution in [2.75, 3.05) is 30.4 Å². The Morgan fingerprint density at radius 2 is 1.92 bits per heavy atom. The van der Waals surface area contributed by atoms with Crippen molar-refractivity contribution in [2.45, 2.75) is 19.9 Å². The van der Waals surface area contributed by atoms with Gasteiger partial charge < -0.3 is 15.1 Å². The summed E-state index contributed by atoms with van der Waals surface area (Å²) >= 11 is 0. The molecule has 2 aromatic rings. The minimum atomic E-state index is -0.305. The first-order valence-electron chi connectivity index (χ1n) is 8.85. The lowest BCUT2D eigenvalue weighted by molar-refractivity contribution is -0.126. The Hall–Kier alpha value is -2.82. The molecule has 0 aromatic heterocycles. The molecule has 1 heterocycles. The second kappa shape index (κ2) is 7.60. The van der Waals surface area contributed by atoms with Crippen molar-refractivity contribution in [3.05, 3.63) is 59.7 Å². The van der Waals surface area contributed by atoms with Gasteiger partial charge in [-0.15, -0.1) is 0 Å². The van der Waals surface area contributed by atoms with Crippen LogP contribution in [0.15, 0.2) is 48.5 Å². The molecular formula is C21H25N3O2. The van der Waals surface area contributed by atoms with Gasteiger partial charge in [-0.3, -0.25) is 9.59 Å². The van der Waals surface area contributed by atoms with Gasteiger partial charge in [0.1, 0.15) is 0 Å². The van der Waals surface area contributed by atoms with Crippen LogP contribution in [0, 0.1) is 12.8 Å². The van der Waals surface area contributed by atoms with Gasteiger partial charge in [-0.2, -0.15) is 0 Å². The molecule has 2 amide bonds. The third-order valence-corrected chi connectivity index (χ3v) is 4.74. The van der Waals surface area contributed by atoms with Gasteiger partial charge in [0.05, 0.1) is 5.92 Å². The summed E-state index contributed by atoms with van der Waals surface area (Å²) in [6, 6.07) is 15.9. The maximum absolute atomic E-state index is 12.5. The summed E-state index contributed by atoms with van der Waals surface area (Å²) in [6.07, 6.45) is 0.261. The van der Waals surface area contributed by atoms with E-state index in [1.54, 1.807) is 4.90 Å². The summed E-state index contributed by atoms with van der Waals surface area (Å²) in [5.41, 5.74) is 4.15. The highest BCUT2D eigenvalue weighted by Crippen LogP contribution is 2.25. The first-order valence-corrected chi connectivity index (χ1v) is 8.85. The van der Waals surface area contributed by atoms with Crippen LogP contribution in [0.25, 0.3) is 0 Å². The SMILES string of the molecule is Cc1ccc(N2CC(C(=O)NCc3cccc(N(C)C)c3)CC2=O)cc1. The van der Waals surface area contributed by atoms with Crippen LogP contribution in [0.5, 0.6) is 0 Å². The molecule has 1 unspecified atom stereocenters. The molecule has 0 spiro atoms. The number of anilines is 2. The number of nitrogens with one attached hydrogen (secondary N) is 1. The molecule has 5 nitrogen and oxygen atoms in total. The Bertz CT molecular complexity index is 799. The van der Waals surface area contributed by atoms with Crippen LogP contribution in [-0.2, 0) is 16.1 Å². The Balaban J connectivity index is 1.60. The number of hydrogen-bond acceptors (Lipinski definition) is 3.